The van der Waals surface area contributed by atoms with Crippen molar-refractivity contribution >= 4 is 5.97 Å². The summed E-state index contributed by atoms with van der Waals surface area (Å²) in [6.07, 6.45) is 3.57. The molecule has 0 aromatic heterocycles. The van der Waals surface area contributed by atoms with Crippen molar-refractivity contribution in [3.8, 4) is 0 Å². The predicted octanol–water partition coefficient (Wildman–Crippen LogP) is 1.92. The average molecular weight is 225 g/mol. The molecule has 0 N–H and O–H groups in total. The van der Waals surface area contributed by atoms with Gasteiger partial charge in [0.2, 0.25) is 0 Å². The lowest BCUT2D eigenvalue weighted by molar-refractivity contribution is -0.145. The molecule has 1 aliphatic carbocycles. The standard InChI is InChI=1S/C13H23NO2/c1-9-10-5-6-13(2,8-14(3)4)7-11(10)16-12(9)15/h9-11H,5-8H2,1-4H3. The molecular formula is C13H23NO2. The second-order valence-corrected chi connectivity index (χ2v) is 6.22. The Hall–Kier alpha value is -0.570. The van der Waals surface area contributed by atoms with E-state index >= 15 is 0 Å². The van der Waals surface area contributed by atoms with Crippen molar-refractivity contribution in [2.45, 2.75) is 39.2 Å². The van der Waals surface area contributed by atoms with E-state index in [1.54, 1.807) is 0 Å². The third-order valence-electron chi connectivity index (χ3n) is 4.23. The molecule has 2 fully saturated rings. The quantitative estimate of drug-likeness (QED) is 0.672. The van der Waals surface area contributed by atoms with Crippen molar-refractivity contribution in [1.82, 2.24) is 4.90 Å². The molecule has 0 spiro atoms. The summed E-state index contributed by atoms with van der Waals surface area (Å²) in [5.41, 5.74) is 0.314. The summed E-state index contributed by atoms with van der Waals surface area (Å²) >= 11 is 0. The highest BCUT2D eigenvalue weighted by molar-refractivity contribution is 5.74. The topological polar surface area (TPSA) is 29.5 Å². The Labute approximate surface area is 98.1 Å². The van der Waals surface area contributed by atoms with Crippen LogP contribution in [0.2, 0.25) is 0 Å². The lowest BCUT2D eigenvalue weighted by atomic mass is 9.68. The Kier molecular flexibility index (Phi) is 2.99. The van der Waals surface area contributed by atoms with Gasteiger partial charge in [-0.2, -0.15) is 0 Å². The fourth-order valence-corrected chi connectivity index (χ4v) is 3.48. The van der Waals surface area contributed by atoms with Gasteiger partial charge in [-0.15, -0.1) is 0 Å². The van der Waals surface area contributed by atoms with Gasteiger partial charge in [0.05, 0.1) is 5.92 Å². The van der Waals surface area contributed by atoms with E-state index in [2.05, 4.69) is 25.9 Å². The number of ether oxygens (including phenoxy) is 1. The molecule has 0 aromatic carbocycles. The zero-order valence-corrected chi connectivity index (χ0v) is 10.8. The Morgan fingerprint density at radius 3 is 2.81 bits per heavy atom. The van der Waals surface area contributed by atoms with Crippen LogP contribution in [-0.2, 0) is 9.53 Å². The summed E-state index contributed by atoms with van der Waals surface area (Å²) in [5.74, 6) is 0.612. The molecule has 2 aliphatic rings. The van der Waals surface area contributed by atoms with Gasteiger partial charge in [0.1, 0.15) is 6.10 Å². The number of hydrogen-bond donors (Lipinski definition) is 0. The van der Waals surface area contributed by atoms with Crippen molar-refractivity contribution in [1.29, 1.82) is 0 Å². The maximum absolute atomic E-state index is 11.5. The van der Waals surface area contributed by atoms with E-state index < -0.39 is 0 Å². The number of hydrogen-bond acceptors (Lipinski definition) is 3. The summed E-state index contributed by atoms with van der Waals surface area (Å²) in [6, 6.07) is 0. The number of carbonyl (C=O) groups is 1. The lowest BCUT2D eigenvalue weighted by Gasteiger charge is -2.40. The van der Waals surface area contributed by atoms with E-state index in [1.165, 1.54) is 6.42 Å². The van der Waals surface area contributed by atoms with Gasteiger partial charge >= 0.3 is 5.97 Å². The molecule has 1 aliphatic heterocycles. The van der Waals surface area contributed by atoms with Crippen LogP contribution < -0.4 is 0 Å². The first kappa shape index (κ1) is 11.9. The summed E-state index contributed by atoms with van der Waals surface area (Å²) in [5, 5.41) is 0. The molecule has 0 amide bonds. The fraction of sp³-hybridized carbons (Fsp3) is 0.923. The predicted molar refractivity (Wildman–Crippen MR) is 63.0 cm³/mol. The van der Waals surface area contributed by atoms with Gasteiger partial charge in [-0.1, -0.05) is 13.8 Å². The minimum Gasteiger partial charge on any atom is -0.462 e. The molecule has 92 valence electrons. The van der Waals surface area contributed by atoms with Crippen molar-refractivity contribution in [3.05, 3.63) is 0 Å². The van der Waals surface area contributed by atoms with Crippen LogP contribution in [0.3, 0.4) is 0 Å². The molecule has 1 saturated carbocycles. The van der Waals surface area contributed by atoms with Crippen LogP contribution in [0.15, 0.2) is 0 Å². The molecule has 16 heavy (non-hydrogen) atoms. The Morgan fingerprint density at radius 2 is 2.19 bits per heavy atom. The first-order valence-corrected chi connectivity index (χ1v) is 6.26. The number of rotatable bonds is 2. The smallest absolute Gasteiger partial charge is 0.309 e. The minimum atomic E-state index is 0.0177. The first-order valence-electron chi connectivity index (χ1n) is 6.26. The maximum atomic E-state index is 11.5. The van der Waals surface area contributed by atoms with E-state index in [1.807, 2.05) is 6.92 Å². The highest BCUT2D eigenvalue weighted by Gasteiger charge is 2.48. The van der Waals surface area contributed by atoms with Gasteiger partial charge in [-0.3, -0.25) is 4.79 Å². The van der Waals surface area contributed by atoms with Crippen LogP contribution in [0.1, 0.15) is 33.1 Å². The highest BCUT2D eigenvalue weighted by atomic mass is 16.6. The van der Waals surface area contributed by atoms with Crippen LogP contribution in [0.25, 0.3) is 0 Å². The maximum Gasteiger partial charge on any atom is 0.309 e. The van der Waals surface area contributed by atoms with Crippen LogP contribution in [0.4, 0.5) is 0 Å². The largest absolute Gasteiger partial charge is 0.462 e. The zero-order chi connectivity index (χ0) is 11.9. The van der Waals surface area contributed by atoms with Crippen LogP contribution in [0.5, 0.6) is 0 Å². The molecule has 3 nitrogen and oxygen atoms in total. The van der Waals surface area contributed by atoms with E-state index in [0.717, 1.165) is 19.4 Å². The third-order valence-corrected chi connectivity index (χ3v) is 4.23. The summed E-state index contributed by atoms with van der Waals surface area (Å²) in [7, 11) is 4.22. The minimum absolute atomic E-state index is 0.0177. The molecule has 0 bridgehead atoms. The molecule has 4 unspecified atom stereocenters. The van der Waals surface area contributed by atoms with Crippen molar-refractivity contribution in [2.24, 2.45) is 17.3 Å². The number of nitrogens with zero attached hydrogens (tertiary/aromatic N) is 1. The van der Waals surface area contributed by atoms with Gasteiger partial charge in [0, 0.05) is 12.5 Å². The third kappa shape index (κ3) is 2.10. The van der Waals surface area contributed by atoms with E-state index in [-0.39, 0.29) is 18.0 Å². The average Bonchev–Trinajstić information content (AvgIpc) is 2.39. The van der Waals surface area contributed by atoms with E-state index in [0.29, 0.717) is 11.3 Å². The molecule has 4 atom stereocenters. The molecule has 3 heteroatoms. The van der Waals surface area contributed by atoms with Crippen molar-refractivity contribution in [2.75, 3.05) is 20.6 Å². The van der Waals surface area contributed by atoms with Crippen molar-refractivity contribution in [3.63, 3.8) is 0 Å². The van der Waals surface area contributed by atoms with Crippen LogP contribution in [0, 0.1) is 17.3 Å². The molecule has 0 aromatic rings. The first-order chi connectivity index (χ1) is 7.41. The number of esters is 1. The molecule has 1 saturated heterocycles. The highest BCUT2D eigenvalue weighted by Crippen LogP contribution is 2.46. The van der Waals surface area contributed by atoms with E-state index in [9.17, 15) is 4.79 Å². The van der Waals surface area contributed by atoms with Crippen LogP contribution >= 0.6 is 0 Å². The summed E-state index contributed by atoms with van der Waals surface area (Å²) in [4.78, 5) is 13.8. The Bertz CT molecular complexity index is 290. The normalized spacial score (nSPS) is 43.3. The molecular weight excluding hydrogens is 202 g/mol. The second kappa shape index (κ2) is 4.02. The van der Waals surface area contributed by atoms with Crippen LogP contribution in [-0.4, -0.2) is 37.6 Å². The monoisotopic (exact) mass is 225 g/mol. The Balaban J connectivity index is 2.04. The zero-order valence-electron chi connectivity index (χ0n) is 10.8. The van der Waals surface area contributed by atoms with E-state index in [4.69, 9.17) is 4.74 Å². The molecule has 2 rings (SSSR count). The summed E-state index contributed by atoms with van der Waals surface area (Å²) < 4.78 is 5.50. The fourth-order valence-electron chi connectivity index (χ4n) is 3.48. The molecule has 0 radical (unpaired) electrons. The van der Waals surface area contributed by atoms with Gasteiger partial charge in [-0.05, 0) is 38.8 Å². The van der Waals surface area contributed by atoms with Crippen molar-refractivity contribution < 1.29 is 9.53 Å². The number of carbonyl (C=O) groups excluding carboxylic acids is 1. The Morgan fingerprint density at radius 1 is 1.50 bits per heavy atom. The van der Waals surface area contributed by atoms with Gasteiger partial charge in [0.25, 0.3) is 0 Å². The van der Waals surface area contributed by atoms with Gasteiger partial charge < -0.3 is 9.64 Å². The SMILES string of the molecule is CC1C(=O)OC2CC(C)(CN(C)C)CCC21. The number of fused-ring (bicyclic) bond motifs is 1. The second-order valence-electron chi connectivity index (χ2n) is 6.22. The lowest BCUT2D eigenvalue weighted by Crippen LogP contribution is -2.40. The van der Waals surface area contributed by atoms with Gasteiger partial charge in [-0.25, -0.2) is 0 Å². The molecule has 1 heterocycles. The van der Waals surface area contributed by atoms with Gasteiger partial charge in [0.15, 0.2) is 0 Å². The summed E-state index contributed by atoms with van der Waals surface area (Å²) in [6.45, 7) is 5.42.